The molecule has 0 spiro atoms. The van der Waals surface area contributed by atoms with E-state index in [4.69, 9.17) is 5.73 Å². The molecule has 2 aromatic rings. The summed E-state index contributed by atoms with van der Waals surface area (Å²) >= 11 is 3.56. The third-order valence-corrected chi connectivity index (χ3v) is 4.37. The minimum Gasteiger partial charge on any atom is -0.366 e. The van der Waals surface area contributed by atoms with Gasteiger partial charge in [0.15, 0.2) is 5.96 Å². The van der Waals surface area contributed by atoms with Gasteiger partial charge in [0.2, 0.25) is 5.91 Å². The highest BCUT2D eigenvalue weighted by molar-refractivity contribution is 14.0. The number of benzene rings is 2. The first-order valence-corrected chi connectivity index (χ1v) is 8.34. The number of nitrogens with one attached hydrogen (secondary N) is 1. The van der Waals surface area contributed by atoms with Crippen LogP contribution in [0.15, 0.2) is 58.0 Å². The average Bonchev–Trinajstić information content (AvgIpc) is 2.57. The van der Waals surface area contributed by atoms with E-state index in [9.17, 15) is 4.79 Å². The second-order valence-electron chi connectivity index (χ2n) is 5.41. The third-order valence-electron chi connectivity index (χ3n) is 3.60. The fraction of sp³-hybridized carbons (Fsp3) is 0.222. The molecule has 0 atom stereocenters. The molecule has 7 heteroatoms. The molecule has 0 bridgehead atoms. The van der Waals surface area contributed by atoms with E-state index < -0.39 is 5.91 Å². The van der Waals surface area contributed by atoms with Crippen molar-refractivity contribution in [1.82, 2.24) is 10.2 Å². The van der Waals surface area contributed by atoms with Crippen LogP contribution in [-0.4, -0.2) is 30.9 Å². The van der Waals surface area contributed by atoms with Gasteiger partial charge in [-0.25, -0.2) is 0 Å². The summed E-state index contributed by atoms with van der Waals surface area (Å²) in [5.74, 6) is 0.350. The molecule has 3 N–H and O–H groups in total. The van der Waals surface area contributed by atoms with Gasteiger partial charge < -0.3 is 16.0 Å². The number of hydrogen-bond acceptors (Lipinski definition) is 2. The molecule has 0 saturated carbocycles. The van der Waals surface area contributed by atoms with Gasteiger partial charge in [0.25, 0.3) is 0 Å². The van der Waals surface area contributed by atoms with Gasteiger partial charge in [0, 0.05) is 37.2 Å². The summed E-state index contributed by atoms with van der Waals surface area (Å²) < 4.78 is 1.07. The van der Waals surface area contributed by atoms with Crippen molar-refractivity contribution in [2.75, 3.05) is 14.1 Å². The first-order chi connectivity index (χ1) is 11.5. The summed E-state index contributed by atoms with van der Waals surface area (Å²) in [6, 6.07) is 15.4. The van der Waals surface area contributed by atoms with Crippen LogP contribution in [0.3, 0.4) is 0 Å². The number of carbonyl (C=O) groups is 1. The Bertz CT molecular complexity index is 751. The summed E-state index contributed by atoms with van der Waals surface area (Å²) in [7, 11) is 3.73. The predicted molar refractivity (Wildman–Crippen MR) is 116 cm³/mol. The Morgan fingerprint density at radius 2 is 1.96 bits per heavy atom. The number of nitrogens with zero attached hydrogens (tertiary/aromatic N) is 2. The maximum Gasteiger partial charge on any atom is 0.248 e. The SMILES string of the molecule is CN=C(NCc1cccc(C(N)=O)c1)N(C)Cc1ccccc1Br.I. The normalized spacial score (nSPS) is 10.8. The van der Waals surface area contributed by atoms with Crippen molar-refractivity contribution in [2.24, 2.45) is 10.7 Å². The number of amides is 1. The number of guanidine groups is 1. The fourth-order valence-corrected chi connectivity index (χ4v) is 2.77. The zero-order valence-corrected chi connectivity index (χ0v) is 18.1. The van der Waals surface area contributed by atoms with Crippen LogP contribution in [0.25, 0.3) is 0 Å². The van der Waals surface area contributed by atoms with Crippen LogP contribution in [0, 0.1) is 0 Å². The molecule has 0 fully saturated rings. The van der Waals surface area contributed by atoms with E-state index in [2.05, 4.69) is 32.3 Å². The molecular weight excluding hydrogens is 495 g/mol. The summed E-state index contributed by atoms with van der Waals surface area (Å²) in [5, 5.41) is 3.30. The summed E-state index contributed by atoms with van der Waals surface area (Å²) in [6.45, 7) is 1.29. The Balaban J connectivity index is 0.00000312. The monoisotopic (exact) mass is 516 g/mol. The van der Waals surface area contributed by atoms with Crippen LogP contribution < -0.4 is 11.1 Å². The van der Waals surface area contributed by atoms with Crippen LogP contribution >= 0.6 is 39.9 Å². The van der Waals surface area contributed by atoms with E-state index in [-0.39, 0.29) is 24.0 Å². The average molecular weight is 517 g/mol. The number of rotatable bonds is 5. The van der Waals surface area contributed by atoms with Crippen molar-refractivity contribution in [3.8, 4) is 0 Å². The standard InChI is InChI=1S/C18H21BrN4O.HI/c1-21-18(23(2)12-15-7-3-4-9-16(15)19)22-11-13-6-5-8-14(10-13)17(20)24;/h3-10H,11-12H2,1-2H3,(H2,20,24)(H,21,22);1H. The maximum atomic E-state index is 11.3. The number of nitrogens with two attached hydrogens (primary N) is 1. The summed E-state index contributed by atoms with van der Waals surface area (Å²) in [4.78, 5) is 17.6. The van der Waals surface area contributed by atoms with E-state index in [0.717, 1.165) is 22.5 Å². The summed E-state index contributed by atoms with van der Waals surface area (Å²) in [6.07, 6.45) is 0. The Hall–Kier alpha value is -1.61. The zero-order chi connectivity index (χ0) is 17.5. The molecular formula is C18H22BrIN4O. The van der Waals surface area contributed by atoms with Crippen LogP contribution in [-0.2, 0) is 13.1 Å². The van der Waals surface area contributed by atoms with E-state index >= 15 is 0 Å². The van der Waals surface area contributed by atoms with Gasteiger partial charge in [-0.3, -0.25) is 9.79 Å². The van der Waals surface area contributed by atoms with Gasteiger partial charge in [-0.2, -0.15) is 0 Å². The molecule has 0 aliphatic rings. The van der Waals surface area contributed by atoms with Crippen molar-refractivity contribution >= 4 is 51.8 Å². The van der Waals surface area contributed by atoms with E-state index in [0.29, 0.717) is 12.1 Å². The molecule has 0 aromatic heterocycles. The maximum absolute atomic E-state index is 11.3. The van der Waals surface area contributed by atoms with Gasteiger partial charge >= 0.3 is 0 Å². The van der Waals surface area contributed by atoms with E-state index in [1.165, 1.54) is 5.56 Å². The first-order valence-electron chi connectivity index (χ1n) is 7.55. The summed E-state index contributed by atoms with van der Waals surface area (Å²) in [5.41, 5.74) is 7.98. The predicted octanol–water partition coefficient (Wildman–Crippen LogP) is 3.37. The quantitative estimate of drug-likeness (QED) is 0.363. The Morgan fingerprint density at radius 1 is 1.24 bits per heavy atom. The largest absolute Gasteiger partial charge is 0.366 e. The topological polar surface area (TPSA) is 70.7 Å². The zero-order valence-electron chi connectivity index (χ0n) is 14.2. The fourth-order valence-electron chi connectivity index (χ4n) is 2.36. The lowest BCUT2D eigenvalue weighted by atomic mass is 10.1. The lowest BCUT2D eigenvalue weighted by Crippen LogP contribution is -2.38. The van der Waals surface area contributed by atoms with Gasteiger partial charge in [-0.15, -0.1) is 24.0 Å². The van der Waals surface area contributed by atoms with Gasteiger partial charge in [0.1, 0.15) is 0 Å². The van der Waals surface area contributed by atoms with Crippen LogP contribution in [0.1, 0.15) is 21.5 Å². The minimum atomic E-state index is -0.424. The Labute approximate surface area is 173 Å². The second-order valence-corrected chi connectivity index (χ2v) is 6.27. The molecule has 0 unspecified atom stereocenters. The van der Waals surface area contributed by atoms with Crippen molar-refractivity contribution in [3.05, 3.63) is 69.7 Å². The lowest BCUT2D eigenvalue weighted by Gasteiger charge is -2.23. The number of primary amides is 1. The minimum absolute atomic E-state index is 0. The molecule has 0 aliphatic carbocycles. The smallest absolute Gasteiger partial charge is 0.248 e. The number of hydrogen-bond donors (Lipinski definition) is 2. The molecule has 0 radical (unpaired) electrons. The van der Waals surface area contributed by atoms with Crippen molar-refractivity contribution in [3.63, 3.8) is 0 Å². The Kier molecular flexibility index (Phi) is 8.91. The first kappa shape index (κ1) is 21.4. The van der Waals surface area contributed by atoms with Crippen LogP contribution in [0.4, 0.5) is 0 Å². The molecule has 0 heterocycles. The van der Waals surface area contributed by atoms with Gasteiger partial charge in [-0.05, 0) is 29.3 Å². The number of carbonyl (C=O) groups excluding carboxylic acids is 1. The highest BCUT2D eigenvalue weighted by Gasteiger charge is 2.09. The number of aliphatic imine (C=N–C) groups is 1. The molecule has 25 heavy (non-hydrogen) atoms. The van der Waals surface area contributed by atoms with Gasteiger partial charge in [0.05, 0.1) is 0 Å². The number of halogens is 2. The lowest BCUT2D eigenvalue weighted by molar-refractivity contribution is 0.1000. The molecule has 5 nitrogen and oxygen atoms in total. The highest BCUT2D eigenvalue weighted by Crippen LogP contribution is 2.17. The van der Waals surface area contributed by atoms with E-state index in [1.54, 1.807) is 19.2 Å². The molecule has 2 aromatic carbocycles. The van der Waals surface area contributed by atoms with Crippen LogP contribution in [0.2, 0.25) is 0 Å². The molecule has 0 aliphatic heterocycles. The van der Waals surface area contributed by atoms with Crippen molar-refractivity contribution < 1.29 is 4.79 Å². The molecule has 134 valence electrons. The molecule has 2 rings (SSSR count). The van der Waals surface area contributed by atoms with Crippen molar-refractivity contribution in [2.45, 2.75) is 13.1 Å². The Morgan fingerprint density at radius 3 is 2.60 bits per heavy atom. The molecule has 1 amide bonds. The van der Waals surface area contributed by atoms with Gasteiger partial charge in [-0.1, -0.05) is 46.3 Å². The third kappa shape index (κ3) is 6.32. The second kappa shape index (κ2) is 10.4. The van der Waals surface area contributed by atoms with E-state index in [1.807, 2.05) is 42.3 Å². The van der Waals surface area contributed by atoms with Crippen LogP contribution in [0.5, 0.6) is 0 Å². The van der Waals surface area contributed by atoms with Crippen molar-refractivity contribution in [1.29, 1.82) is 0 Å². The molecule has 0 saturated heterocycles. The highest BCUT2D eigenvalue weighted by atomic mass is 127.